The second kappa shape index (κ2) is 4.56. The van der Waals surface area contributed by atoms with Crippen LogP contribution < -0.4 is 4.90 Å². The number of anilines is 1. The molecule has 6 nitrogen and oxygen atoms in total. The van der Waals surface area contributed by atoms with Crippen LogP contribution in [0.4, 0.5) is 5.69 Å². The minimum atomic E-state index is -3.83. The maximum atomic E-state index is 11.9. The summed E-state index contributed by atoms with van der Waals surface area (Å²) in [5.41, 5.74) is 0.903. The number of benzene rings is 1. The zero-order valence-electron chi connectivity index (χ0n) is 10.6. The highest BCUT2D eigenvalue weighted by atomic mass is 35.7. The topological polar surface area (TPSA) is 88.6 Å². The van der Waals surface area contributed by atoms with Crippen LogP contribution in [0.3, 0.4) is 0 Å². The van der Waals surface area contributed by atoms with Crippen molar-refractivity contribution in [1.82, 2.24) is 0 Å². The number of carbonyl (C=O) groups excluding carboxylic acids is 1. The van der Waals surface area contributed by atoms with E-state index in [1.165, 1.54) is 17.0 Å². The van der Waals surface area contributed by atoms with Crippen molar-refractivity contribution >= 4 is 47.2 Å². The monoisotopic (exact) mass is 347 g/mol. The van der Waals surface area contributed by atoms with Crippen LogP contribution >= 0.6 is 10.7 Å². The average molecular weight is 348 g/mol. The van der Waals surface area contributed by atoms with Crippen LogP contribution in [0, 0.1) is 0 Å². The van der Waals surface area contributed by atoms with Crippen LogP contribution in [-0.2, 0) is 23.7 Å². The zero-order valence-corrected chi connectivity index (χ0v) is 13.0. The highest BCUT2D eigenvalue weighted by molar-refractivity contribution is 8.14. The molecule has 0 N–H and O–H groups in total. The van der Waals surface area contributed by atoms with Gasteiger partial charge in [-0.25, -0.2) is 16.8 Å². The molecule has 1 aromatic rings. The first-order valence-corrected chi connectivity index (χ1v) is 9.91. The van der Waals surface area contributed by atoms with E-state index in [2.05, 4.69) is 0 Å². The molecule has 0 radical (unpaired) electrons. The van der Waals surface area contributed by atoms with Crippen molar-refractivity contribution in [3.63, 3.8) is 0 Å². The Labute approximate surface area is 126 Å². The van der Waals surface area contributed by atoms with E-state index in [-0.39, 0.29) is 17.9 Å². The van der Waals surface area contributed by atoms with E-state index in [9.17, 15) is 21.6 Å². The Morgan fingerprint density at radius 1 is 1.29 bits per heavy atom. The van der Waals surface area contributed by atoms with Gasteiger partial charge in [-0.05, 0) is 23.8 Å². The predicted molar refractivity (Wildman–Crippen MR) is 78.2 cm³/mol. The number of carbonyl (C=O) groups is 1. The molecule has 0 bridgehead atoms. The molecule has 1 atom stereocenters. The third-order valence-corrected chi connectivity index (χ3v) is 6.86. The van der Waals surface area contributed by atoms with Gasteiger partial charge in [0.05, 0.1) is 4.90 Å². The van der Waals surface area contributed by atoms with Gasteiger partial charge in [-0.15, -0.1) is 0 Å². The van der Waals surface area contributed by atoms with E-state index in [4.69, 9.17) is 10.7 Å². The van der Waals surface area contributed by atoms with Gasteiger partial charge in [0.25, 0.3) is 0 Å². The molecule has 21 heavy (non-hydrogen) atoms. The maximum absolute atomic E-state index is 11.9. The number of rotatable bonds is 2. The molecule has 0 aromatic heterocycles. The van der Waals surface area contributed by atoms with E-state index in [1.54, 1.807) is 12.1 Å². The Morgan fingerprint density at radius 2 is 2.00 bits per heavy atom. The standard InChI is InChI=1S/C12H10ClNO5S2/c13-21(18,19)10-6-12(15)14(7-10)9-2-1-8-3-4-20(16,17)11(8)5-9/h1-5,10H,6-7H2. The van der Waals surface area contributed by atoms with Gasteiger partial charge < -0.3 is 4.90 Å². The fourth-order valence-electron chi connectivity index (χ4n) is 2.42. The molecule has 0 aliphatic carbocycles. The molecule has 112 valence electrons. The SMILES string of the molecule is O=C1CC(S(=O)(=O)Cl)CN1c1ccc2c(c1)S(=O)(=O)C=C2. The summed E-state index contributed by atoms with van der Waals surface area (Å²) in [5.74, 6) is -0.396. The molecule has 1 unspecified atom stereocenters. The molecule has 2 aliphatic rings. The van der Waals surface area contributed by atoms with Crippen molar-refractivity contribution in [3.8, 4) is 0 Å². The highest BCUT2D eigenvalue weighted by Gasteiger charge is 2.38. The Balaban J connectivity index is 1.99. The van der Waals surface area contributed by atoms with E-state index < -0.39 is 30.0 Å². The second-order valence-electron chi connectivity index (χ2n) is 4.88. The summed E-state index contributed by atoms with van der Waals surface area (Å²) in [6, 6.07) is 4.55. The Hall–Kier alpha value is -1.38. The van der Waals surface area contributed by atoms with Gasteiger partial charge in [-0.2, -0.15) is 0 Å². The molecular weight excluding hydrogens is 338 g/mol. The predicted octanol–water partition coefficient (Wildman–Crippen LogP) is 1.12. The van der Waals surface area contributed by atoms with Gasteiger partial charge in [0.1, 0.15) is 5.25 Å². The van der Waals surface area contributed by atoms with Crippen LogP contribution in [0.25, 0.3) is 6.08 Å². The molecule has 0 saturated carbocycles. The molecule has 1 aromatic carbocycles. The molecule has 2 heterocycles. The largest absolute Gasteiger partial charge is 0.311 e. The number of halogens is 1. The zero-order chi connectivity index (χ0) is 15.4. The van der Waals surface area contributed by atoms with Crippen molar-refractivity contribution < 1.29 is 21.6 Å². The van der Waals surface area contributed by atoms with Crippen LogP contribution in [0.1, 0.15) is 12.0 Å². The molecular formula is C12H10ClNO5S2. The number of hydrogen-bond acceptors (Lipinski definition) is 5. The summed E-state index contributed by atoms with van der Waals surface area (Å²) in [6.45, 7) is -0.0725. The minimum Gasteiger partial charge on any atom is -0.311 e. The lowest BCUT2D eigenvalue weighted by Gasteiger charge is -2.17. The number of hydrogen-bond donors (Lipinski definition) is 0. The van der Waals surface area contributed by atoms with Crippen molar-refractivity contribution in [3.05, 3.63) is 29.2 Å². The molecule has 1 fully saturated rings. The third kappa shape index (κ3) is 2.47. The first-order valence-electron chi connectivity index (χ1n) is 5.99. The van der Waals surface area contributed by atoms with E-state index in [0.717, 1.165) is 5.41 Å². The van der Waals surface area contributed by atoms with Gasteiger partial charge in [0, 0.05) is 34.7 Å². The summed E-state index contributed by atoms with van der Waals surface area (Å²) >= 11 is 0. The normalized spacial score (nSPS) is 23.6. The summed E-state index contributed by atoms with van der Waals surface area (Å²) in [7, 11) is -2.03. The summed E-state index contributed by atoms with van der Waals surface area (Å²) < 4.78 is 46.3. The molecule has 9 heteroatoms. The van der Waals surface area contributed by atoms with Crippen molar-refractivity contribution in [2.24, 2.45) is 0 Å². The van der Waals surface area contributed by atoms with E-state index >= 15 is 0 Å². The van der Waals surface area contributed by atoms with Gasteiger partial charge in [0.2, 0.25) is 24.8 Å². The first-order chi connectivity index (χ1) is 9.68. The minimum absolute atomic E-state index is 0.0725. The van der Waals surface area contributed by atoms with Crippen LogP contribution in [0.15, 0.2) is 28.5 Å². The van der Waals surface area contributed by atoms with Crippen molar-refractivity contribution in [2.45, 2.75) is 16.6 Å². The molecule has 1 saturated heterocycles. The number of sulfone groups is 1. The van der Waals surface area contributed by atoms with E-state index in [0.29, 0.717) is 11.3 Å². The fraction of sp³-hybridized carbons (Fsp3) is 0.250. The van der Waals surface area contributed by atoms with Crippen molar-refractivity contribution in [1.29, 1.82) is 0 Å². The molecule has 3 rings (SSSR count). The molecule has 2 aliphatic heterocycles. The highest BCUT2D eigenvalue weighted by Crippen LogP contribution is 2.33. The summed E-state index contributed by atoms with van der Waals surface area (Å²) in [5, 5.41) is 0.119. The summed E-state index contributed by atoms with van der Waals surface area (Å²) in [6.07, 6.45) is 1.28. The smallest absolute Gasteiger partial charge is 0.237 e. The van der Waals surface area contributed by atoms with Gasteiger partial charge in [-0.3, -0.25) is 4.79 Å². The van der Waals surface area contributed by atoms with Gasteiger partial charge in [0.15, 0.2) is 0 Å². The van der Waals surface area contributed by atoms with Crippen LogP contribution in [-0.4, -0.2) is 34.5 Å². The Bertz CT molecular complexity index is 873. The van der Waals surface area contributed by atoms with Crippen LogP contribution in [0.5, 0.6) is 0 Å². The number of amides is 1. The lowest BCUT2D eigenvalue weighted by atomic mass is 10.2. The molecule has 0 spiro atoms. The van der Waals surface area contributed by atoms with Gasteiger partial charge >= 0.3 is 0 Å². The van der Waals surface area contributed by atoms with Gasteiger partial charge in [-0.1, -0.05) is 6.07 Å². The summed E-state index contributed by atoms with van der Waals surface area (Å²) in [4.78, 5) is 13.3. The third-order valence-electron chi connectivity index (χ3n) is 3.53. The average Bonchev–Trinajstić information content (AvgIpc) is 2.90. The van der Waals surface area contributed by atoms with Crippen molar-refractivity contribution in [2.75, 3.05) is 11.4 Å². The second-order valence-corrected chi connectivity index (χ2v) is 9.59. The van der Waals surface area contributed by atoms with Crippen LogP contribution in [0.2, 0.25) is 0 Å². The van der Waals surface area contributed by atoms with E-state index in [1.807, 2.05) is 0 Å². The maximum Gasteiger partial charge on any atom is 0.237 e. The number of nitrogens with zero attached hydrogens (tertiary/aromatic N) is 1. The quantitative estimate of drug-likeness (QED) is 0.748. The fourth-order valence-corrected chi connectivity index (χ4v) is 4.67. The molecule has 1 amide bonds. The Kier molecular flexibility index (Phi) is 3.16. The lowest BCUT2D eigenvalue weighted by Crippen LogP contribution is -2.26. The first kappa shape index (κ1) is 14.6. The Morgan fingerprint density at radius 3 is 2.62 bits per heavy atom. The lowest BCUT2D eigenvalue weighted by molar-refractivity contribution is -0.117. The number of fused-ring (bicyclic) bond motifs is 1.